The van der Waals surface area contributed by atoms with Crippen LogP contribution in [0.4, 0.5) is 5.13 Å². The smallest absolute Gasteiger partial charge is 0.226 e. The summed E-state index contributed by atoms with van der Waals surface area (Å²) in [6.45, 7) is 0. The highest BCUT2D eigenvalue weighted by molar-refractivity contribution is 7.91. The van der Waals surface area contributed by atoms with Gasteiger partial charge >= 0.3 is 0 Å². The quantitative estimate of drug-likeness (QED) is 0.879. The number of amides is 1. The number of methoxy groups -OCH3 is 1. The number of benzene rings is 1. The third kappa shape index (κ3) is 4.12. The molecule has 1 aliphatic heterocycles. The van der Waals surface area contributed by atoms with Gasteiger partial charge in [-0.25, -0.2) is 13.4 Å². The van der Waals surface area contributed by atoms with Crippen LogP contribution in [0.25, 0.3) is 11.3 Å². The molecule has 128 valence electrons. The topological polar surface area (TPSA) is 85.4 Å². The number of anilines is 1. The van der Waals surface area contributed by atoms with Gasteiger partial charge in [0, 0.05) is 17.4 Å². The van der Waals surface area contributed by atoms with Gasteiger partial charge < -0.3 is 10.1 Å². The third-order valence-electron chi connectivity index (χ3n) is 3.94. The van der Waals surface area contributed by atoms with E-state index in [0.717, 1.165) is 17.0 Å². The van der Waals surface area contributed by atoms with Crippen LogP contribution in [0.15, 0.2) is 29.6 Å². The monoisotopic (exact) mass is 366 g/mol. The van der Waals surface area contributed by atoms with E-state index in [1.807, 2.05) is 29.6 Å². The molecule has 24 heavy (non-hydrogen) atoms. The molecule has 1 aromatic carbocycles. The maximum Gasteiger partial charge on any atom is 0.226 e. The number of carbonyl (C=O) groups excluding carboxylic acids is 1. The summed E-state index contributed by atoms with van der Waals surface area (Å²) in [6, 6.07) is 7.52. The molecule has 6 nitrogen and oxygen atoms in total. The van der Waals surface area contributed by atoms with Gasteiger partial charge in [-0.05, 0) is 36.6 Å². The molecule has 1 atom stereocenters. The second kappa shape index (κ2) is 6.90. The number of hydrogen-bond acceptors (Lipinski definition) is 6. The summed E-state index contributed by atoms with van der Waals surface area (Å²) < 4.78 is 28.0. The number of thiazole rings is 1. The van der Waals surface area contributed by atoms with Crippen LogP contribution in [-0.4, -0.2) is 37.9 Å². The molecule has 0 aliphatic carbocycles. The minimum Gasteiger partial charge on any atom is -0.497 e. The molecule has 2 heterocycles. The normalized spacial score (nSPS) is 19.1. The molecule has 3 rings (SSSR count). The Hall–Kier alpha value is -1.93. The van der Waals surface area contributed by atoms with E-state index < -0.39 is 9.84 Å². The summed E-state index contributed by atoms with van der Waals surface area (Å²) in [7, 11) is -1.34. The minimum atomic E-state index is -2.95. The number of aromatic nitrogens is 1. The molecule has 8 heteroatoms. The largest absolute Gasteiger partial charge is 0.497 e. The van der Waals surface area contributed by atoms with Gasteiger partial charge in [0.15, 0.2) is 15.0 Å². The van der Waals surface area contributed by atoms with E-state index in [1.54, 1.807) is 7.11 Å². The van der Waals surface area contributed by atoms with Crippen LogP contribution in [0.2, 0.25) is 0 Å². The van der Waals surface area contributed by atoms with Gasteiger partial charge in [-0.3, -0.25) is 4.79 Å². The van der Waals surface area contributed by atoms with Crippen LogP contribution >= 0.6 is 11.3 Å². The second-order valence-corrected chi connectivity index (χ2v) is 8.87. The molecule has 0 bridgehead atoms. The zero-order chi connectivity index (χ0) is 17.2. The summed E-state index contributed by atoms with van der Waals surface area (Å²) in [5.74, 6) is 0.789. The van der Waals surface area contributed by atoms with Crippen molar-refractivity contribution in [3.05, 3.63) is 29.6 Å². The molecule has 1 amide bonds. The van der Waals surface area contributed by atoms with E-state index in [0.29, 0.717) is 11.6 Å². The van der Waals surface area contributed by atoms with E-state index in [4.69, 9.17) is 4.74 Å². The molecule has 1 N–H and O–H groups in total. The predicted molar refractivity (Wildman–Crippen MR) is 94.1 cm³/mol. The molecular weight excluding hydrogens is 348 g/mol. The number of ether oxygens (including phenoxy) is 1. The molecule has 1 unspecified atom stereocenters. The number of rotatable bonds is 5. The Balaban J connectivity index is 1.60. The number of nitrogens with zero attached hydrogens (tertiary/aromatic N) is 1. The van der Waals surface area contributed by atoms with Crippen molar-refractivity contribution in [2.24, 2.45) is 5.92 Å². The fourth-order valence-electron chi connectivity index (χ4n) is 2.69. The molecular formula is C16H18N2O4S2. The standard InChI is InChI=1S/C16H18N2O4S2/c1-22-13-4-2-12(3-5-13)14-9-23-16(17-14)18-15(19)8-11-6-7-24(20,21)10-11/h2-5,9,11H,6-8,10H2,1H3,(H,17,18,19). The highest BCUT2D eigenvalue weighted by Gasteiger charge is 2.29. The van der Waals surface area contributed by atoms with Gasteiger partial charge in [0.2, 0.25) is 5.91 Å². The Bertz CT molecular complexity index is 828. The molecule has 1 saturated heterocycles. The van der Waals surface area contributed by atoms with Crippen LogP contribution in [-0.2, 0) is 14.6 Å². The number of nitrogens with one attached hydrogen (secondary N) is 1. The molecule has 1 aromatic heterocycles. The Morgan fingerprint density at radius 2 is 2.12 bits per heavy atom. The fraction of sp³-hybridized carbons (Fsp3) is 0.375. The van der Waals surface area contributed by atoms with Gasteiger partial charge in [0.25, 0.3) is 0 Å². The van der Waals surface area contributed by atoms with E-state index in [-0.39, 0.29) is 29.8 Å². The zero-order valence-electron chi connectivity index (χ0n) is 13.2. The van der Waals surface area contributed by atoms with E-state index in [9.17, 15) is 13.2 Å². The third-order valence-corrected chi connectivity index (χ3v) is 6.53. The van der Waals surface area contributed by atoms with Crippen molar-refractivity contribution in [2.75, 3.05) is 23.9 Å². The number of carbonyl (C=O) groups is 1. The fourth-order valence-corrected chi connectivity index (χ4v) is 5.29. The highest BCUT2D eigenvalue weighted by Crippen LogP contribution is 2.27. The molecule has 0 radical (unpaired) electrons. The first-order valence-electron chi connectivity index (χ1n) is 7.55. The van der Waals surface area contributed by atoms with Gasteiger partial charge in [-0.15, -0.1) is 11.3 Å². The zero-order valence-corrected chi connectivity index (χ0v) is 14.8. The molecule has 1 aliphatic rings. The van der Waals surface area contributed by atoms with Crippen LogP contribution < -0.4 is 10.1 Å². The first-order chi connectivity index (χ1) is 11.4. The van der Waals surface area contributed by atoms with Gasteiger partial charge in [0.05, 0.1) is 24.3 Å². The van der Waals surface area contributed by atoms with Crippen molar-refractivity contribution in [2.45, 2.75) is 12.8 Å². The SMILES string of the molecule is COc1ccc(-c2csc(NC(=O)CC3CCS(=O)(=O)C3)n2)cc1. The second-order valence-electron chi connectivity index (χ2n) is 5.79. The summed E-state index contributed by atoms with van der Waals surface area (Å²) in [5.41, 5.74) is 1.72. The molecule has 0 saturated carbocycles. The van der Waals surface area contributed by atoms with Crippen molar-refractivity contribution in [1.29, 1.82) is 0 Å². The maximum atomic E-state index is 12.1. The highest BCUT2D eigenvalue weighted by atomic mass is 32.2. The first-order valence-corrected chi connectivity index (χ1v) is 10.3. The molecule has 0 spiro atoms. The van der Waals surface area contributed by atoms with Crippen LogP contribution in [0, 0.1) is 5.92 Å². The van der Waals surface area contributed by atoms with Crippen molar-refractivity contribution in [1.82, 2.24) is 4.98 Å². The van der Waals surface area contributed by atoms with Crippen molar-refractivity contribution in [3.63, 3.8) is 0 Å². The summed E-state index contributed by atoms with van der Waals surface area (Å²) >= 11 is 1.35. The molecule has 2 aromatic rings. The van der Waals surface area contributed by atoms with Gasteiger partial charge in [0.1, 0.15) is 5.75 Å². The lowest BCUT2D eigenvalue weighted by atomic mass is 10.1. The van der Waals surface area contributed by atoms with Crippen LogP contribution in [0.5, 0.6) is 5.75 Å². The lowest BCUT2D eigenvalue weighted by molar-refractivity contribution is -0.116. The Labute approximate surface area is 144 Å². The van der Waals surface area contributed by atoms with Gasteiger partial charge in [-0.2, -0.15) is 0 Å². The van der Waals surface area contributed by atoms with Crippen LogP contribution in [0.1, 0.15) is 12.8 Å². The number of hydrogen-bond donors (Lipinski definition) is 1. The predicted octanol–water partition coefficient (Wildman–Crippen LogP) is 2.58. The minimum absolute atomic E-state index is 0.0870. The van der Waals surface area contributed by atoms with E-state index >= 15 is 0 Å². The van der Waals surface area contributed by atoms with Crippen LogP contribution in [0.3, 0.4) is 0 Å². The lowest BCUT2D eigenvalue weighted by Gasteiger charge is -2.06. The van der Waals surface area contributed by atoms with Gasteiger partial charge in [-0.1, -0.05) is 0 Å². The Morgan fingerprint density at radius 3 is 2.75 bits per heavy atom. The maximum absolute atomic E-state index is 12.1. The average Bonchev–Trinajstić information content (AvgIpc) is 3.14. The van der Waals surface area contributed by atoms with Crippen molar-refractivity contribution in [3.8, 4) is 17.0 Å². The average molecular weight is 366 g/mol. The first kappa shape index (κ1) is 16.9. The van der Waals surface area contributed by atoms with E-state index in [1.165, 1.54) is 11.3 Å². The van der Waals surface area contributed by atoms with Crippen molar-refractivity contribution < 1.29 is 17.9 Å². The lowest BCUT2D eigenvalue weighted by Crippen LogP contribution is -2.17. The summed E-state index contributed by atoms with van der Waals surface area (Å²) in [5, 5.41) is 5.15. The van der Waals surface area contributed by atoms with E-state index in [2.05, 4.69) is 10.3 Å². The Kier molecular flexibility index (Phi) is 4.86. The Morgan fingerprint density at radius 1 is 1.38 bits per heavy atom. The summed E-state index contributed by atoms with van der Waals surface area (Å²) in [4.78, 5) is 16.5. The summed E-state index contributed by atoms with van der Waals surface area (Å²) in [6.07, 6.45) is 0.779. The number of sulfone groups is 1. The van der Waals surface area contributed by atoms with Crippen molar-refractivity contribution >= 4 is 32.2 Å². The molecule has 1 fully saturated rings.